The third-order valence-electron chi connectivity index (χ3n) is 3.96. The summed E-state index contributed by atoms with van der Waals surface area (Å²) >= 11 is 3.65. The molecule has 0 unspecified atom stereocenters. The van der Waals surface area contributed by atoms with Crippen LogP contribution in [0.4, 0.5) is 0 Å². The topological polar surface area (TPSA) is 47.7 Å². The van der Waals surface area contributed by atoms with Gasteiger partial charge in [0.15, 0.2) is 11.5 Å². The minimum atomic E-state index is 0. The molecule has 138 valence electrons. The van der Waals surface area contributed by atoms with Crippen LogP contribution in [0.1, 0.15) is 11.1 Å². The number of nitrogens with two attached hydrogens (primary N) is 1. The highest BCUT2D eigenvalue weighted by atomic mass is 79.9. The van der Waals surface area contributed by atoms with Gasteiger partial charge in [0.2, 0.25) is 0 Å². The Morgan fingerprint density at radius 2 is 1.72 bits per heavy atom. The lowest BCUT2D eigenvalue weighted by Crippen LogP contribution is -2.31. The van der Waals surface area contributed by atoms with E-state index in [1.807, 2.05) is 12.1 Å². The van der Waals surface area contributed by atoms with Crippen molar-refractivity contribution >= 4 is 28.3 Å². The number of rotatable bonds is 9. The molecule has 0 aliphatic heterocycles. The Labute approximate surface area is 164 Å². The number of ether oxygens (including phenoxy) is 2. The summed E-state index contributed by atoms with van der Waals surface area (Å²) in [5, 5.41) is 0. The molecule has 0 bridgehead atoms. The van der Waals surface area contributed by atoms with Crippen LogP contribution in [0.2, 0.25) is 0 Å². The van der Waals surface area contributed by atoms with E-state index in [1.165, 1.54) is 5.56 Å². The van der Waals surface area contributed by atoms with Crippen molar-refractivity contribution < 1.29 is 9.47 Å². The second kappa shape index (κ2) is 11.4. The zero-order valence-electron chi connectivity index (χ0n) is 14.7. The molecular weight excluding hydrogens is 404 g/mol. The Balaban J connectivity index is 0.00000312. The Bertz CT molecular complexity index is 641. The molecule has 0 aliphatic carbocycles. The second-order valence-electron chi connectivity index (χ2n) is 5.57. The first kappa shape index (κ1) is 21.8. The average Bonchev–Trinajstić information content (AvgIpc) is 2.62. The van der Waals surface area contributed by atoms with Crippen LogP contribution in [0.5, 0.6) is 11.5 Å². The summed E-state index contributed by atoms with van der Waals surface area (Å²) in [6.45, 7) is 3.26. The molecule has 2 N–H and O–H groups in total. The van der Waals surface area contributed by atoms with Crippen molar-refractivity contribution in [2.75, 3.05) is 33.9 Å². The summed E-state index contributed by atoms with van der Waals surface area (Å²) in [6.07, 6.45) is 1.01. The molecule has 4 nitrogen and oxygen atoms in total. The zero-order valence-corrected chi connectivity index (χ0v) is 17.1. The van der Waals surface area contributed by atoms with Gasteiger partial charge in [0.25, 0.3) is 0 Å². The van der Waals surface area contributed by atoms with Gasteiger partial charge in [-0.05, 0) is 39.5 Å². The van der Waals surface area contributed by atoms with E-state index in [4.69, 9.17) is 15.2 Å². The molecule has 0 saturated heterocycles. The van der Waals surface area contributed by atoms with Crippen LogP contribution < -0.4 is 15.2 Å². The molecule has 2 aromatic rings. The highest BCUT2D eigenvalue weighted by molar-refractivity contribution is 9.10. The van der Waals surface area contributed by atoms with Crippen LogP contribution in [0.25, 0.3) is 0 Å². The van der Waals surface area contributed by atoms with Crippen LogP contribution in [0, 0.1) is 0 Å². The van der Waals surface area contributed by atoms with Crippen molar-refractivity contribution in [3.05, 3.63) is 58.1 Å². The number of halogens is 2. The maximum atomic E-state index is 5.79. The molecule has 25 heavy (non-hydrogen) atoms. The summed E-state index contributed by atoms with van der Waals surface area (Å²) < 4.78 is 11.7. The quantitative estimate of drug-likeness (QED) is 0.657. The van der Waals surface area contributed by atoms with E-state index >= 15 is 0 Å². The number of nitrogens with zero attached hydrogens (tertiary/aromatic N) is 1. The SMILES string of the molecule is COc1ccc(CN(CCN)CCc2ccccc2)c(Br)c1OC.Cl. The standard InChI is InChI=1S/C19H25BrN2O2.ClH/c1-23-17-9-8-16(18(20)19(17)24-2)14-22(13-11-21)12-10-15-6-4-3-5-7-15;/h3-9H,10-14,21H2,1-2H3;1H. The van der Waals surface area contributed by atoms with Crippen LogP contribution in [-0.2, 0) is 13.0 Å². The van der Waals surface area contributed by atoms with Gasteiger partial charge in [-0.2, -0.15) is 0 Å². The molecule has 2 aromatic carbocycles. The first-order chi connectivity index (χ1) is 11.7. The van der Waals surface area contributed by atoms with Crippen molar-refractivity contribution in [1.82, 2.24) is 4.90 Å². The Morgan fingerprint density at radius 1 is 1.00 bits per heavy atom. The molecule has 0 saturated carbocycles. The van der Waals surface area contributed by atoms with E-state index in [9.17, 15) is 0 Å². The summed E-state index contributed by atoms with van der Waals surface area (Å²) in [7, 11) is 3.30. The largest absolute Gasteiger partial charge is 0.493 e. The summed E-state index contributed by atoms with van der Waals surface area (Å²) in [5.41, 5.74) is 8.29. The lowest BCUT2D eigenvalue weighted by Gasteiger charge is -2.23. The normalized spacial score (nSPS) is 10.4. The van der Waals surface area contributed by atoms with Crippen LogP contribution in [-0.4, -0.2) is 38.8 Å². The molecule has 0 spiro atoms. The van der Waals surface area contributed by atoms with Gasteiger partial charge in [0.05, 0.1) is 18.7 Å². The summed E-state index contributed by atoms with van der Waals surface area (Å²) in [6, 6.07) is 14.5. The Hall–Kier alpha value is -1.27. The molecule has 0 atom stereocenters. The number of hydrogen-bond acceptors (Lipinski definition) is 4. The highest BCUT2D eigenvalue weighted by Gasteiger charge is 2.15. The van der Waals surface area contributed by atoms with Gasteiger partial charge < -0.3 is 15.2 Å². The first-order valence-corrected chi connectivity index (χ1v) is 8.84. The van der Waals surface area contributed by atoms with Gasteiger partial charge in [-0.25, -0.2) is 0 Å². The minimum Gasteiger partial charge on any atom is -0.493 e. The first-order valence-electron chi connectivity index (χ1n) is 8.05. The fourth-order valence-corrected chi connectivity index (χ4v) is 3.29. The fourth-order valence-electron chi connectivity index (χ4n) is 2.68. The van der Waals surface area contributed by atoms with E-state index in [1.54, 1.807) is 14.2 Å². The molecule has 0 heterocycles. The van der Waals surface area contributed by atoms with Crippen molar-refractivity contribution in [2.45, 2.75) is 13.0 Å². The van der Waals surface area contributed by atoms with E-state index in [0.29, 0.717) is 6.54 Å². The third kappa shape index (κ3) is 6.19. The van der Waals surface area contributed by atoms with E-state index < -0.39 is 0 Å². The molecule has 0 fully saturated rings. The average molecular weight is 430 g/mol. The molecular formula is C19H26BrClN2O2. The molecule has 0 aromatic heterocycles. The Morgan fingerprint density at radius 3 is 2.32 bits per heavy atom. The summed E-state index contributed by atoms with van der Waals surface area (Å²) in [4.78, 5) is 2.36. The van der Waals surface area contributed by atoms with Gasteiger partial charge >= 0.3 is 0 Å². The van der Waals surface area contributed by atoms with Gasteiger partial charge in [-0.1, -0.05) is 36.4 Å². The lowest BCUT2D eigenvalue weighted by atomic mass is 10.1. The van der Waals surface area contributed by atoms with Crippen molar-refractivity contribution in [3.63, 3.8) is 0 Å². The third-order valence-corrected chi connectivity index (χ3v) is 4.83. The lowest BCUT2D eigenvalue weighted by molar-refractivity contribution is 0.274. The smallest absolute Gasteiger partial charge is 0.175 e. The highest BCUT2D eigenvalue weighted by Crippen LogP contribution is 2.37. The monoisotopic (exact) mass is 428 g/mol. The summed E-state index contributed by atoms with van der Waals surface area (Å²) in [5.74, 6) is 1.45. The van der Waals surface area contributed by atoms with Crippen LogP contribution >= 0.6 is 28.3 Å². The maximum absolute atomic E-state index is 5.79. The van der Waals surface area contributed by atoms with Gasteiger partial charge in [0, 0.05) is 26.2 Å². The Kier molecular flexibility index (Phi) is 9.90. The predicted molar refractivity (Wildman–Crippen MR) is 109 cm³/mol. The molecule has 2 rings (SSSR count). The van der Waals surface area contributed by atoms with Gasteiger partial charge in [-0.15, -0.1) is 12.4 Å². The molecule has 6 heteroatoms. The predicted octanol–water partition coefficient (Wildman–Crippen LogP) is 3.89. The number of hydrogen-bond donors (Lipinski definition) is 1. The van der Waals surface area contributed by atoms with E-state index in [0.717, 1.165) is 47.6 Å². The van der Waals surface area contributed by atoms with Crippen LogP contribution in [0.15, 0.2) is 46.9 Å². The van der Waals surface area contributed by atoms with Crippen LogP contribution in [0.3, 0.4) is 0 Å². The minimum absolute atomic E-state index is 0. The fraction of sp³-hybridized carbons (Fsp3) is 0.368. The van der Waals surface area contributed by atoms with Crippen molar-refractivity contribution in [3.8, 4) is 11.5 Å². The van der Waals surface area contributed by atoms with Crippen molar-refractivity contribution in [1.29, 1.82) is 0 Å². The second-order valence-corrected chi connectivity index (χ2v) is 6.37. The molecule has 0 radical (unpaired) electrons. The molecule has 0 amide bonds. The zero-order chi connectivity index (χ0) is 17.4. The van der Waals surface area contributed by atoms with E-state index in [-0.39, 0.29) is 12.4 Å². The van der Waals surface area contributed by atoms with Gasteiger partial charge in [0.1, 0.15) is 0 Å². The van der Waals surface area contributed by atoms with Gasteiger partial charge in [-0.3, -0.25) is 4.90 Å². The maximum Gasteiger partial charge on any atom is 0.175 e. The van der Waals surface area contributed by atoms with Crippen molar-refractivity contribution in [2.24, 2.45) is 5.73 Å². The molecule has 0 aliphatic rings. The number of benzene rings is 2. The number of methoxy groups -OCH3 is 2. The van der Waals surface area contributed by atoms with E-state index in [2.05, 4.69) is 51.2 Å².